The van der Waals surface area contributed by atoms with Gasteiger partial charge in [0, 0.05) is 31.7 Å². The van der Waals surface area contributed by atoms with Crippen molar-refractivity contribution >= 4 is 11.7 Å². The average Bonchev–Trinajstić information content (AvgIpc) is 3.37. The van der Waals surface area contributed by atoms with Gasteiger partial charge >= 0.3 is 5.97 Å². The molecule has 1 saturated carbocycles. The molecule has 8 heteroatoms. The number of hydrogen-bond donors (Lipinski definition) is 2. The Balaban J connectivity index is 1.73. The minimum Gasteiger partial charge on any atom is -0.493 e. The topological polar surface area (TPSA) is 77.0 Å². The van der Waals surface area contributed by atoms with Crippen LogP contribution in [-0.2, 0) is 20.9 Å². The number of rotatable bonds is 10. The van der Waals surface area contributed by atoms with Crippen molar-refractivity contribution in [2.75, 3.05) is 25.1 Å². The molecule has 0 atom stereocenters. The van der Waals surface area contributed by atoms with Crippen LogP contribution < -0.4 is 10.1 Å². The second-order valence-electron chi connectivity index (χ2n) is 9.17. The standard InChI is InChI=1S/C27H33F2NO5/c1-2-34-23-9-5-8-22(24(23)25(28)29)21-11-10-19(16-18(21)17-35-20-6-3-4-7-20)30-27(26(31)32)12-14-33-15-13-27/h5,8-11,16,20,25,30H,2-4,6-7,12-15,17H2,1H3,(H,31,32). The maximum atomic E-state index is 14.2. The zero-order chi connectivity index (χ0) is 24.8. The normalized spacial score (nSPS) is 18.1. The minimum absolute atomic E-state index is 0.143. The predicted molar refractivity (Wildman–Crippen MR) is 129 cm³/mol. The maximum Gasteiger partial charge on any atom is 0.329 e. The lowest BCUT2D eigenvalue weighted by atomic mass is 9.89. The molecule has 0 aromatic heterocycles. The van der Waals surface area contributed by atoms with Crippen molar-refractivity contribution in [1.29, 1.82) is 0 Å². The first-order valence-corrected chi connectivity index (χ1v) is 12.3. The molecule has 0 radical (unpaired) electrons. The first-order chi connectivity index (χ1) is 16.9. The molecule has 190 valence electrons. The highest BCUT2D eigenvalue weighted by Crippen LogP contribution is 2.40. The van der Waals surface area contributed by atoms with Crippen LogP contribution in [0.4, 0.5) is 14.5 Å². The molecule has 1 aliphatic heterocycles. The van der Waals surface area contributed by atoms with E-state index >= 15 is 0 Å². The van der Waals surface area contributed by atoms with Crippen LogP contribution in [0.25, 0.3) is 11.1 Å². The Hall–Kier alpha value is -2.71. The van der Waals surface area contributed by atoms with Crippen molar-refractivity contribution in [2.45, 2.75) is 70.1 Å². The number of carbonyl (C=O) groups is 1. The third-order valence-corrected chi connectivity index (χ3v) is 6.90. The molecule has 0 amide bonds. The van der Waals surface area contributed by atoms with E-state index < -0.39 is 17.9 Å². The number of aliphatic carboxylic acids is 1. The van der Waals surface area contributed by atoms with E-state index in [1.54, 1.807) is 37.3 Å². The van der Waals surface area contributed by atoms with Crippen LogP contribution in [0.5, 0.6) is 5.75 Å². The quantitative estimate of drug-likeness (QED) is 0.414. The van der Waals surface area contributed by atoms with Crippen LogP contribution in [0.1, 0.15) is 63.0 Å². The molecule has 2 aliphatic rings. The van der Waals surface area contributed by atoms with Crippen LogP contribution in [0.15, 0.2) is 36.4 Å². The Morgan fingerprint density at radius 1 is 1.17 bits per heavy atom. The monoisotopic (exact) mass is 489 g/mol. The molecule has 1 heterocycles. The van der Waals surface area contributed by atoms with Gasteiger partial charge in [0.1, 0.15) is 11.3 Å². The highest BCUT2D eigenvalue weighted by atomic mass is 19.3. The van der Waals surface area contributed by atoms with Gasteiger partial charge in [-0.2, -0.15) is 0 Å². The van der Waals surface area contributed by atoms with Gasteiger partial charge in [-0.05, 0) is 54.7 Å². The highest BCUT2D eigenvalue weighted by molar-refractivity contribution is 5.84. The molecule has 0 spiro atoms. The van der Waals surface area contributed by atoms with E-state index in [1.807, 2.05) is 6.07 Å². The summed E-state index contributed by atoms with van der Waals surface area (Å²) in [6, 6.07) is 10.3. The fourth-order valence-corrected chi connectivity index (χ4v) is 4.99. The van der Waals surface area contributed by atoms with Gasteiger partial charge in [0.05, 0.1) is 24.9 Å². The highest BCUT2D eigenvalue weighted by Gasteiger charge is 2.40. The number of carboxylic acid groups (broad SMARTS) is 1. The van der Waals surface area contributed by atoms with E-state index in [0.29, 0.717) is 42.9 Å². The van der Waals surface area contributed by atoms with Crippen LogP contribution in [-0.4, -0.2) is 42.5 Å². The summed E-state index contributed by atoms with van der Waals surface area (Å²) in [5.41, 5.74) is 1.08. The van der Waals surface area contributed by atoms with Crippen LogP contribution >= 0.6 is 0 Å². The summed E-state index contributed by atoms with van der Waals surface area (Å²) < 4.78 is 45.4. The third kappa shape index (κ3) is 5.76. The molecule has 1 saturated heterocycles. The van der Waals surface area contributed by atoms with E-state index in [2.05, 4.69) is 5.32 Å². The Morgan fingerprint density at radius 3 is 2.57 bits per heavy atom. The Morgan fingerprint density at radius 2 is 1.91 bits per heavy atom. The van der Waals surface area contributed by atoms with Gasteiger partial charge in [-0.25, -0.2) is 13.6 Å². The van der Waals surface area contributed by atoms with Gasteiger partial charge in [0.2, 0.25) is 0 Å². The van der Waals surface area contributed by atoms with Crippen molar-refractivity contribution < 1.29 is 32.9 Å². The summed E-state index contributed by atoms with van der Waals surface area (Å²) >= 11 is 0. The molecular formula is C27H33F2NO5. The summed E-state index contributed by atoms with van der Waals surface area (Å²) in [5, 5.41) is 13.1. The molecule has 0 bridgehead atoms. The van der Waals surface area contributed by atoms with Crippen molar-refractivity contribution in [3.8, 4) is 16.9 Å². The van der Waals surface area contributed by atoms with Crippen molar-refractivity contribution in [3.05, 3.63) is 47.5 Å². The van der Waals surface area contributed by atoms with Gasteiger partial charge < -0.3 is 24.6 Å². The van der Waals surface area contributed by atoms with E-state index in [4.69, 9.17) is 14.2 Å². The van der Waals surface area contributed by atoms with Gasteiger partial charge in [-0.1, -0.05) is 31.0 Å². The van der Waals surface area contributed by atoms with Crippen LogP contribution in [0.3, 0.4) is 0 Å². The smallest absolute Gasteiger partial charge is 0.329 e. The summed E-state index contributed by atoms with van der Waals surface area (Å²) in [6.45, 7) is 3.01. The second kappa shape index (κ2) is 11.4. The van der Waals surface area contributed by atoms with Crippen molar-refractivity contribution in [2.24, 2.45) is 0 Å². The molecule has 1 aliphatic carbocycles. The number of halogens is 2. The Bertz CT molecular complexity index is 1020. The number of carboxylic acids is 1. The fraction of sp³-hybridized carbons (Fsp3) is 0.519. The van der Waals surface area contributed by atoms with E-state index in [-0.39, 0.29) is 30.6 Å². The first kappa shape index (κ1) is 25.4. The molecule has 4 rings (SSSR count). The van der Waals surface area contributed by atoms with E-state index in [9.17, 15) is 18.7 Å². The SMILES string of the molecule is CCOc1cccc(-c2ccc(NC3(C(=O)O)CCOCC3)cc2COC2CCCC2)c1C(F)F. The fourth-order valence-electron chi connectivity index (χ4n) is 4.99. The van der Waals surface area contributed by atoms with Gasteiger partial charge in [0.25, 0.3) is 6.43 Å². The largest absolute Gasteiger partial charge is 0.493 e. The van der Waals surface area contributed by atoms with E-state index in [1.165, 1.54) is 0 Å². The lowest BCUT2D eigenvalue weighted by molar-refractivity contribution is -0.145. The Labute approximate surface area is 204 Å². The molecule has 0 unspecified atom stereocenters. The van der Waals surface area contributed by atoms with Gasteiger partial charge in [-0.15, -0.1) is 0 Å². The summed E-state index contributed by atoms with van der Waals surface area (Å²) in [5.74, 6) is -0.769. The zero-order valence-corrected chi connectivity index (χ0v) is 20.0. The number of benzene rings is 2. The number of anilines is 1. The Kier molecular flexibility index (Phi) is 8.23. The second-order valence-corrected chi connectivity index (χ2v) is 9.17. The molecule has 35 heavy (non-hydrogen) atoms. The molecule has 2 fully saturated rings. The number of alkyl halides is 2. The molecule has 2 N–H and O–H groups in total. The summed E-state index contributed by atoms with van der Waals surface area (Å²) in [6.07, 6.45) is 2.31. The third-order valence-electron chi connectivity index (χ3n) is 6.90. The number of hydrogen-bond acceptors (Lipinski definition) is 5. The van der Waals surface area contributed by atoms with Crippen molar-refractivity contribution in [1.82, 2.24) is 0 Å². The summed E-state index contributed by atoms with van der Waals surface area (Å²) in [4.78, 5) is 12.1. The lowest BCUT2D eigenvalue weighted by Crippen LogP contribution is -2.50. The summed E-state index contributed by atoms with van der Waals surface area (Å²) in [7, 11) is 0. The van der Waals surface area contributed by atoms with Crippen molar-refractivity contribution in [3.63, 3.8) is 0 Å². The molecule has 2 aromatic rings. The first-order valence-electron chi connectivity index (χ1n) is 12.3. The lowest BCUT2D eigenvalue weighted by Gasteiger charge is -2.35. The molecule has 2 aromatic carbocycles. The van der Waals surface area contributed by atoms with Gasteiger partial charge in [0.15, 0.2) is 0 Å². The van der Waals surface area contributed by atoms with Gasteiger partial charge in [-0.3, -0.25) is 0 Å². The number of nitrogens with one attached hydrogen (secondary N) is 1. The van der Waals surface area contributed by atoms with E-state index in [0.717, 1.165) is 31.2 Å². The van der Waals surface area contributed by atoms with Crippen LogP contribution in [0, 0.1) is 0 Å². The molecule has 6 nitrogen and oxygen atoms in total. The number of ether oxygens (including phenoxy) is 3. The zero-order valence-electron chi connectivity index (χ0n) is 20.0. The van der Waals surface area contributed by atoms with Crippen LogP contribution in [0.2, 0.25) is 0 Å². The average molecular weight is 490 g/mol. The predicted octanol–water partition coefficient (Wildman–Crippen LogP) is 6.19. The molecular weight excluding hydrogens is 456 g/mol. The maximum absolute atomic E-state index is 14.2. The minimum atomic E-state index is -2.72.